The number of fused-ring (bicyclic) bond motifs is 1. The Balaban J connectivity index is 1.64. The Morgan fingerprint density at radius 2 is 1.85 bits per heavy atom. The molecule has 4 rings (SSSR count). The highest BCUT2D eigenvalue weighted by Gasteiger charge is 2.15. The van der Waals surface area contributed by atoms with Gasteiger partial charge in [-0.1, -0.05) is 41.9 Å². The number of benzene rings is 3. The fourth-order valence-electron chi connectivity index (χ4n) is 3.85. The molecule has 6 heteroatoms. The molecule has 34 heavy (non-hydrogen) atoms. The number of nitrogens with one attached hydrogen (secondary N) is 1. The van der Waals surface area contributed by atoms with Crippen LogP contribution in [0.15, 0.2) is 77.4 Å². The lowest BCUT2D eigenvalue weighted by atomic mass is 9.99. The van der Waals surface area contributed by atoms with Crippen molar-refractivity contribution in [2.75, 3.05) is 13.7 Å². The van der Waals surface area contributed by atoms with E-state index >= 15 is 0 Å². The van der Waals surface area contributed by atoms with Crippen LogP contribution in [0.1, 0.15) is 25.0 Å². The number of ether oxygens (including phenoxy) is 2. The Labute approximate surface area is 203 Å². The molecule has 0 saturated heterocycles. The second-order valence-corrected chi connectivity index (χ2v) is 8.23. The minimum atomic E-state index is -0.198. The molecule has 1 amide bonds. The number of para-hydroxylation sites is 1. The summed E-state index contributed by atoms with van der Waals surface area (Å²) in [7, 11) is 1.62. The summed E-state index contributed by atoms with van der Waals surface area (Å²) >= 11 is 6.05. The van der Waals surface area contributed by atoms with Crippen LogP contribution >= 0.6 is 11.6 Å². The normalized spacial score (nSPS) is 11.5. The molecule has 1 aromatic heterocycles. The largest absolute Gasteiger partial charge is 0.496 e. The van der Waals surface area contributed by atoms with E-state index in [1.807, 2.05) is 74.5 Å². The highest BCUT2D eigenvalue weighted by atomic mass is 35.5. The predicted molar refractivity (Wildman–Crippen MR) is 136 cm³/mol. The molecule has 0 unspecified atom stereocenters. The minimum Gasteiger partial charge on any atom is -0.496 e. The molecular weight excluding hydrogens is 450 g/mol. The molecule has 1 heterocycles. The molecule has 0 fully saturated rings. The maximum Gasteiger partial charge on any atom is 0.244 e. The summed E-state index contributed by atoms with van der Waals surface area (Å²) in [5, 5.41) is 4.54. The number of allylic oxidation sites excluding steroid dienone is 1. The molecule has 0 saturated carbocycles. The van der Waals surface area contributed by atoms with Gasteiger partial charge in [-0.05, 0) is 49.2 Å². The van der Waals surface area contributed by atoms with Gasteiger partial charge in [0, 0.05) is 45.8 Å². The van der Waals surface area contributed by atoms with Crippen molar-refractivity contribution in [1.82, 2.24) is 5.32 Å². The summed E-state index contributed by atoms with van der Waals surface area (Å²) < 4.78 is 17.1. The maximum atomic E-state index is 12.7. The molecule has 1 N–H and O–H groups in total. The van der Waals surface area contributed by atoms with Gasteiger partial charge >= 0.3 is 0 Å². The fraction of sp³-hybridized carbons (Fsp3) is 0.179. The van der Waals surface area contributed by atoms with Crippen LogP contribution in [0.25, 0.3) is 27.7 Å². The van der Waals surface area contributed by atoms with E-state index in [2.05, 4.69) is 5.32 Å². The lowest BCUT2D eigenvalue weighted by Crippen LogP contribution is -2.21. The molecule has 0 bridgehead atoms. The van der Waals surface area contributed by atoms with Crippen molar-refractivity contribution in [2.45, 2.75) is 20.4 Å². The van der Waals surface area contributed by atoms with Crippen LogP contribution in [0.5, 0.6) is 11.5 Å². The molecule has 0 aliphatic rings. The molecule has 0 spiro atoms. The van der Waals surface area contributed by atoms with E-state index in [9.17, 15) is 4.79 Å². The summed E-state index contributed by atoms with van der Waals surface area (Å²) in [6, 6.07) is 19.1. The van der Waals surface area contributed by atoms with Gasteiger partial charge in [-0.15, -0.1) is 0 Å². The highest BCUT2D eigenvalue weighted by molar-refractivity contribution is 6.30. The number of carbonyl (C=O) groups is 1. The number of methoxy groups -OCH3 is 1. The summed E-state index contributed by atoms with van der Waals surface area (Å²) in [5.74, 6) is 1.21. The van der Waals surface area contributed by atoms with E-state index in [1.165, 1.54) is 0 Å². The van der Waals surface area contributed by atoms with Crippen LogP contribution in [0.3, 0.4) is 0 Å². The Bertz CT molecular complexity index is 1340. The van der Waals surface area contributed by atoms with Crippen molar-refractivity contribution in [3.63, 3.8) is 0 Å². The van der Waals surface area contributed by atoms with E-state index in [4.69, 9.17) is 25.5 Å². The third kappa shape index (κ3) is 5.10. The molecule has 0 radical (unpaired) electrons. The Hall–Kier alpha value is -3.70. The van der Waals surface area contributed by atoms with Gasteiger partial charge in [0.25, 0.3) is 0 Å². The van der Waals surface area contributed by atoms with Crippen molar-refractivity contribution in [2.24, 2.45) is 0 Å². The van der Waals surface area contributed by atoms with Crippen molar-refractivity contribution < 1.29 is 18.7 Å². The first-order chi connectivity index (χ1) is 16.5. The third-order valence-corrected chi connectivity index (χ3v) is 5.80. The van der Waals surface area contributed by atoms with Gasteiger partial charge in [-0.3, -0.25) is 4.79 Å². The minimum absolute atomic E-state index is 0.198. The number of hydrogen-bond acceptors (Lipinski definition) is 4. The first-order valence-electron chi connectivity index (χ1n) is 11.0. The van der Waals surface area contributed by atoms with E-state index in [0.717, 1.165) is 39.0 Å². The number of furan rings is 1. The fourth-order valence-corrected chi connectivity index (χ4v) is 3.97. The average Bonchev–Trinajstić information content (AvgIpc) is 3.26. The first kappa shape index (κ1) is 23.5. The lowest BCUT2D eigenvalue weighted by Gasteiger charge is -2.12. The van der Waals surface area contributed by atoms with Gasteiger partial charge < -0.3 is 19.2 Å². The van der Waals surface area contributed by atoms with Crippen LogP contribution in [0.4, 0.5) is 0 Å². The smallest absolute Gasteiger partial charge is 0.244 e. The SMILES string of the molecule is CCOc1cc2occ(-c3ccc(Cl)cc3)c2cc1/C(C)=C/C(=O)NCc1ccccc1OC. The summed E-state index contributed by atoms with van der Waals surface area (Å²) in [4.78, 5) is 12.7. The van der Waals surface area contributed by atoms with E-state index in [1.54, 1.807) is 19.4 Å². The van der Waals surface area contributed by atoms with Crippen LogP contribution in [-0.4, -0.2) is 19.6 Å². The van der Waals surface area contributed by atoms with Crippen LogP contribution < -0.4 is 14.8 Å². The average molecular weight is 476 g/mol. The van der Waals surface area contributed by atoms with Gasteiger partial charge in [0.15, 0.2) is 0 Å². The molecule has 5 nitrogen and oxygen atoms in total. The number of hydrogen-bond donors (Lipinski definition) is 1. The molecule has 3 aromatic carbocycles. The van der Waals surface area contributed by atoms with Crippen molar-refractivity contribution in [3.8, 4) is 22.6 Å². The molecular formula is C28H26ClNO4. The van der Waals surface area contributed by atoms with Crippen LogP contribution in [-0.2, 0) is 11.3 Å². The zero-order valence-corrected chi connectivity index (χ0v) is 20.1. The Kier molecular flexibility index (Phi) is 7.24. The number of amides is 1. The van der Waals surface area contributed by atoms with Gasteiger partial charge in [0.05, 0.1) is 20.0 Å². The number of halogens is 1. The van der Waals surface area contributed by atoms with Crippen LogP contribution in [0, 0.1) is 0 Å². The quantitative estimate of drug-likeness (QED) is 0.282. The highest BCUT2D eigenvalue weighted by Crippen LogP contribution is 2.37. The molecule has 0 atom stereocenters. The van der Waals surface area contributed by atoms with E-state index in [0.29, 0.717) is 29.5 Å². The second kappa shape index (κ2) is 10.5. The third-order valence-electron chi connectivity index (χ3n) is 5.55. The van der Waals surface area contributed by atoms with E-state index in [-0.39, 0.29) is 5.91 Å². The summed E-state index contributed by atoms with van der Waals surface area (Å²) in [6.45, 7) is 4.69. The lowest BCUT2D eigenvalue weighted by molar-refractivity contribution is -0.116. The molecule has 174 valence electrons. The van der Waals surface area contributed by atoms with Gasteiger partial charge in [-0.2, -0.15) is 0 Å². The number of rotatable bonds is 8. The summed E-state index contributed by atoms with van der Waals surface area (Å²) in [6.07, 6.45) is 3.31. The number of carbonyl (C=O) groups excluding carboxylic acids is 1. The molecule has 4 aromatic rings. The standard InChI is InChI=1S/C28H26ClNO4/c1-4-33-26-15-27-23(24(17-34-27)19-9-11-21(29)12-10-19)14-22(26)18(2)13-28(31)30-16-20-7-5-6-8-25(20)32-3/h5-15,17H,4,16H2,1-3H3,(H,30,31)/b18-13+. The van der Waals surface area contributed by atoms with Gasteiger partial charge in [0.1, 0.15) is 17.1 Å². The Morgan fingerprint density at radius 1 is 1.09 bits per heavy atom. The van der Waals surface area contributed by atoms with Crippen LogP contribution in [0.2, 0.25) is 5.02 Å². The zero-order chi connectivity index (χ0) is 24.1. The monoisotopic (exact) mass is 475 g/mol. The second-order valence-electron chi connectivity index (χ2n) is 7.79. The van der Waals surface area contributed by atoms with E-state index < -0.39 is 0 Å². The maximum absolute atomic E-state index is 12.7. The topological polar surface area (TPSA) is 60.7 Å². The first-order valence-corrected chi connectivity index (χ1v) is 11.4. The summed E-state index contributed by atoms with van der Waals surface area (Å²) in [5.41, 5.74) is 5.18. The van der Waals surface area contributed by atoms with Gasteiger partial charge in [-0.25, -0.2) is 0 Å². The van der Waals surface area contributed by atoms with Gasteiger partial charge in [0.2, 0.25) is 5.91 Å². The molecule has 0 aliphatic heterocycles. The predicted octanol–water partition coefficient (Wildman–Crippen LogP) is 6.88. The Morgan fingerprint density at radius 3 is 2.59 bits per heavy atom. The van der Waals surface area contributed by atoms with Crippen molar-refractivity contribution >= 4 is 34.1 Å². The molecule has 0 aliphatic carbocycles. The van der Waals surface area contributed by atoms with Crippen molar-refractivity contribution in [3.05, 3.63) is 89.2 Å². The van der Waals surface area contributed by atoms with Crippen molar-refractivity contribution in [1.29, 1.82) is 0 Å². The zero-order valence-electron chi connectivity index (χ0n) is 19.4.